The van der Waals surface area contributed by atoms with E-state index in [1.165, 1.54) is 6.42 Å². The Bertz CT molecular complexity index is 103. The Morgan fingerprint density at radius 1 is 1.50 bits per heavy atom. The molecule has 0 aromatic carbocycles. The summed E-state index contributed by atoms with van der Waals surface area (Å²) in [5, 5.41) is 3.44. The van der Waals surface area contributed by atoms with Crippen LogP contribution in [0.15, 0.2) is 0 Å². The summed E-state index contributed by atoms with van der Waals surface area (Å²) in [6.07, 6.45) is 1.25. The summed E-state index contributed by atoms with van der Waals surface area (Å²) < 4.78 is 0. The van der Waals surface area contributed by atoms with Crippen LogP contribution in [0.25, 0.3) is 0 Å². The van der Waals surface area contributed by atoms with E-state index in [-0.39, 0.29) is 0 Å². The van der Waals surface area contributed by atoms with E-state index in [1.54, 1.807) is 0 Å². The Hall–Kier alpha value is -0.0800. The van der Waals surface area contributed by atoms with Crippen molar-refractivity contribution < 1.29 is 0 Å². The van der Waals surface area contributed by atoms with Gasteiger partial charge in [-0.05, 0) is 38.3 Å². The molecule has 0 aromatic heterocycles. The highest BCUT2D eigenvalue weighted by Gasteiger charge is 2.23. The lowest BCUT2D eigenvalue weighted by molar-refractivity contribution is 0.239. The van der Waals surface area contributed by atoms with Gasteiger partial charge in [-0.2, -0.15) is 0 Å². The number of nitrogens with two attached hydrogens (primary N) is 1. The van der Waals surface area contributed by atoms with Crippen molar-refractivity contribution in [3.05, 3.63) is 0 Å². The third kappa shape index (κ3) is 1.70. The second kappa shape index (κ2) is 3.35. The largest absolute Gasteiger partial charge is 0.330 e. The molecule has 0 aromatic rings. The Morgan fingerprint density at radius 3 is 2.70 bits per heavy atom. The smallest absolute Gasteiger partial charge is 0.00420 e. The number of nitrogens with one attached hydrogen (secondary N) is 1. The van der Waals surface area contributed by atoms with E-state index >= 15 is 0 Å². The second-order valence-electron chi connectivity index (χ2n) is 3.52. The Morgan fingerprint density at radius 2 is 2.20 bits per heavy atom. The van der Waals surface area contributed by atoms with Crippen LogP contribution < -0.4 is 11.1 Å². The Balaban J connectivity index is 2.38. The minimum atomic E-state index is 0.671. The Labute approximate surface area is 63.2 Å². The lowest BCUT2D eigenvalue weighted by Gasteiger charge is -2.32. The molecule has 60 valence electrons. The number of rotatable bonds is 1. The standard InChI is InChI=1S/C8H18N2/c1-6-5-10-7(2)3-8(6)4-9/h6-8,10H,3-5,9H2,1-2H3. The molecule has 1 saturated heterocycles. The van der Waals surface area contributed by atoms with Gasteiger partial charge in [-0.25, -0.2) is 0 Å². The molecule has 2 heteroatoms. The van der Waals surface area contributed by atoms with E-state index in [9.17, 15) is 0 Å². The van der Waals surface area contributed by atoms with Gasteiger partial charge in [-0.3, -0.25) is 0 Å². The van der Waals surface area contributed by atoms with E-state index in [2.05, 4.69) is 19.2 Å². The summed E-state index contributed by atoms with van der Waals surface area (Å²) in [5.74, 6) is 1.51. The van der Waals surface area contributed by atoms with Crippen LogP contribution in [-0.4, -0.2) is 19.1 Å². The molecule has 1 aliphatic heterocycles. The van der Waals surface area contributed by atoms with Crippen LogP contribution >= 0.6 is 0 Å². The first kappa shape index (κ1) is 8.02. The van der Waals surface area contributed by atoms with Gasteiger partial charge < -0.3 is 11.1 Å². The van der Waals surface area contributed by atoms with E-state index in [1.807, 2.05) is 0 Å². The molecule has 0 saturated carbocycles. The van der Waals surface area contributed by atoms with Crippen molar-refractivity contribution in [3.63, 3.8) is 0 Å². The van der Waals surface area contributed by atoms with Crippen molar-refractivity contribution in [1.29, 1.82) is 0 Å². The van der Waals surface area contributed by atoms with Gasteiger partial charge in [-0.15, -0.1) is 0 Å². The van der Waals surface area contributed by atoms with Gasteiger partial charge in [0.2, 0.25) is 0 Å². The van der Waals surface area contributed by atoms with Crippen LogP contribution in [0.3, 0.4) is 0 Å². The monoisotopic (exact) mass is 142 g/mol. The lowest BCUT2D eigenvalue weighted by atomic mass is 9.85. The van der Waals surface area contributed by atoms with Crippen LogP contribution in [0.2, 0.25) is 0 Å². The van der Waals surface area contributed by atoms with Gasteiger partial charge in [0.15, 0.2) is 0 Å². The molecule has 1 aliphatic rings. The van der Waals surface area contributed by atoms with Crippen LogP contribution in [0.1, 0.15) is 20.3 Å². The van der Waals surface area contributed by atoms with Crippen LogP contribution in [0.5, 0.6) is 0 Å². The summed E-state index contributed by atoms with van der Waals surface area (Å²) in [7, 11) is 0. The molecule has 1 heterocycles. The predicted octanol–water partition coefficient (Wildman–Crippen LogP) is 0.579. The molecule has 1 rings (SSSR count). The molecule has 3 unspecified atom stereocenters. The summed E-state index contributed by atoms with van der Waals surface area (Å²) in [6, 6.07) is 0.671. The molecule has 0 bridgehead atoms. The second-order valence-corrected chi connectivity index (χ2v) is 3.52. The van der Waals surface area contributed by atoms with E-state index in [0.29, 0.717) is 6.04 Å². The molecule has 0 aliphatic carbocycles. The molecular formula is C8H18N2. The molecule has 3 atom stereocenters. The molecule has 0 amide bonds. The fraction of sp³-hybridized carbons (Fsp3) is 1.00. The van der Waals surface area contributed by atoms with Crippen molar-refractivity contribution in [2.75, 3.05) is 13.1 Å². The fourth-order valence-corrected chi connectivity index (χ4v) is 1.65. The maximum absolute atomic E-state index is 5.63. The highest BCUT2D eigenvalue weighted by Crippen LogP contribution is 2.20. The SMILES string of the molecule is CC1CC(CN)C(C)CN1. The first-order chi connectivity index (χ1) is 4.74. The van der Waals surface area contributed by atoms with Gasteiger partial charge in [0.25, 0.3) is 0 Å². The maximum atomic E-state index is 5.63. The lowest BCUT2D eigenvalue weighted by Crippen LogP contribution is -2.43. The molecule has 0 spiro atoms. The van der Waals surface area contributed by atoms with Crippen molar-refractivity contribution >= 4 is 0 Å². The molecule has 0 radical (unpaired) electrons. The van der Waals surface area contributed by atoms with Crippen LogP contribution in [0, 0.1) is 11.8 Å². The van der Waals surface area contributed by atoms with Crippen molar-refractivity contribution in [2.24, 2.45) is 17.6 Å². The highest BCUT2D eigenvalue weighted by atomic mass is 14.9. The maximum Gasteiger partial charge on any atom is 0.00420 e. The highest BCUT2D eigenvalue weighted by molar-refractivity contribution is 4.80. The first-order valence-electron chi connectivity index (χ1n) is 4.17. The van der Waals surface area contributed by atoms with Gasteiger partial charge in [0, 0.05) is 6.04 Å². The topological polar surface area (TPSA) is 38.0 Å². The van der Waals surface area contributed by atoms with E-state index < -0.39 is 0 Å². The van der Waals surface area contributed by atoms with Crippen molar-refractivity contribution in [1.82, 2.24) is 5.32 Å². The third-order valence-corrected chi connectivity index (χ3v) is 2.55. The quantitative estimate of drug-likeness (QED) is 0.562. The van der Waals surface area contributed by atoms with Gasteiger partial charge >= 0.3 is 0 Å². The average Bonchev–Trinajstić information content (AvgIpc) is 1.94. The summed E-state index contributed by atoms with van der Waals surface area (Å²) in [5.41, 5.74) is 5.63. The zero-order valence-corrected chi connectivity index (χ0v) is 6.93. The number of hydrogen-bond acceptors (Lipinski definition) is 2. The van der Waals surface area contributed by atoms with E-state index in [4.69, 9.17) is 5.73 Å². The average molecular weight is 142 g/mol. The van der Waals surface area contributed by atoms with Crippen molar-refractivity contribution in [2.45, 2.75) is 26.3 Å². The molecular weight excluding hydrogens is 124 g/mol. The summed E-state index contributed by atoms with van der Waals surface area (Å²) >= 11 is 0. The van der Waals surface area contributed by atoms with Gasteiger partial charge in [0.1, 0.15) is 0 Å². The zero-order chi connectivity index (χ0) is 7.56. The van der Waals surface area contributed by atoms with Crippen LogP contribution in [0.4, 0.5) is 0 Å². The third-order valence-electron chi connectivity index (χ3n) is 2.55. The van der Waals surface area contributed by atoms with Crippen molar-refractivity contribution in [3.8, 4) is 0 Å². The summed E-state index contributed by atoms with van der Waals surface area (Å²) in [6.45, 7) is 6.50. The van der Waals surface area contributed by atoms with Crippen LogP contribution in [-0.2, 0) is 0 Å². The zero-order valence-electron chi connectivity index (χ0n) is 6.93. The predicted molar refractivity (Wildman–Crippen MR) is 43.8 cm³/mol. The molecule has 2 nitrogen and oxygen atoms in total. The van der Waals surface area contributed by atoms with Gasteiger partial charge in [0.05, 0.1) is 0 Å². The Kier molecular flexibility index (Phi) is 2.69. The molecule has 10 heavy (non-hydrogen) atoms. The number of piperidine rings is 1. The van der Waals surface area contributed by atoms with Gasteiger partial charge in [-0.1, -0.05) is 6.92 Å². The van der Waals surface area contributed by atoms with E-state index in [0.717, 1.165) is 24.9 Å². The minimum absolute atomic E-state index is 0.671. The molecule has 1 fully saturated rings. The number of hydrogen-bond donors (Lipinski definition) is 2. The summed E-state index contributed by atoms with van der Waals surface area (Å²) in [4.78, 5) is 0. The first-order valence-corrected chi connectivity index (χ1v) is 4.17. The molecule has 3 N–H and O–H groups in total. The fourth-order valence-electron chi connectivity index (χ4n) is 1.65. The minimum Gasteiger partial charge on any atom is -0.330 e. The normalized spacial score (nSPS) is 41.7.